The minimum Gasteiger partial charge on any atom is -0.396 e. The third kappa shape index (κ3) is 4.69. The number of hydrogen-bond acceptors (Lipinski definition) is 4. The smallest absolute Gasteiger partial charge is 0.254 e. The van der Waals surface area contributed by atoms with Crippen LogP contribution in [0, 0.1) is 0 Å². The summed E-state index contributed by atoms with van der Waals surface area (Å²) in [6.07, 6.45) is 0.510. The van der Waals surface area contributed by atoms with Gasteiger partial charge >= 0.3 is 0 Å². The molecule has 1 unspecified atom stereocenters. The third-order valence-electron chi connectivity index (χ3n) is 3.83. The summed E-state index contributed by atoms with van der Waals surface area (Å²) in [6, 6.07) is 12.9. The number of amides is 1. The van der Waals surface area contributed by atoms with Gasteiger partial charge in [0.2, 0.25) is 0 Å². The molecule has 2 N–H and O–H groups in total. The number of carbonyl (C=O) groups is 1. The highest BCUT2D eigenvalue weighted by Crippen LogP contribution is 2.19. The van der Waals surface area contributed by atoms with Crippen LogP contribution in [0.4, 0.5) is 5.82 Å². The van der Waals surface area contributed by atoms with Crippen molar-refractivity contribution < 1.29 is 9.90 Å². The zero-order chi connectivity index (χ0) is 17.5. The summed E-state index contributed by atoms with van der Waals surface area (Å²) in [5.74, 6) is 0.404. The maximum atomic E-state index is 13.0. The molecule has 0 aliphatic carbocycles. The van der Waals surface area contributed by atoms with Gasteiger partial charge in [0.25, 0.3) is 5.91 Å². The van der Waals surface area contributed by atoms with Crippen molar-refractivity contribution in [1.29, 1.82) is 0 Å². The van der Waals surface area contributed by atoms with Crippen LogP contribution in [0.1, 0.15) is 29.3 Å². The number of aliphatic hydroxyl groups is 1. The Balaban J connectivity index is 2.31. The van der Waals surface area contributed by atoms with Crippen molar-refractivity contribution in [2.45, 2.75) is 25.9 Å². The number of nitrogens with one attached hydrogen (secondary N) is 1. The quantitative estimate of drug-likeness (QED) is 0.755. The lowest BCUT2D eigenvalue weighted by atomic mass is 10.1. The fourth-order valence-electron chi connectivity index (χ4n) is 2.46. The largest absolute Gasteiger partial charge is 0.396 e. The van der Waals surface area contributed by atoms with Crippen molar-refractivity contribution >= 4 is 23.3 Å². The number of anilines is 1. The minimum absolute atomic E-state index is 0.0264. The molecule has 0 saturated carbocycles. The van der Waals surface area contributed by atoms with Gasteiger partial charge in [-0.3, -0.25) is 4.79 Å². The second kappa shape index (κ2) is 8.66. The summed E-state index contributed by atoms with van der Waals surface area (Å²) in [5, 5.41) is 12.4. The zero-order valence-corrected chi connectivity index (χ0v) is 14.6. The highest BCUT2D eigenvalue weighted by molar-refractivity contribution is 6.29. The van der Waals surface area contributed by atoms with Crippen molar-refractivity contribution in [2.24, 2.45) is 0 Å². The fourth-order valence-corrected chi connectivity index (χ4v) is 2.67. The molecule has 0 radical (unpaired) electrons. The number of pyridine rings is 1. The van der Waals surface area contributed by atoms with Gasteiger partial charge in [0.1, 0.15) is 11.0 Å². The highest BCUT2D eigenvalue weighted by atomic mass is 35.5. The molecule has 1 heterocycles. The van der Waals surface area contributed by atoms with Crippen LogP contribution in [0.5, 0.6) is 0 Å². The summed E-state index contributed by atoms with van der Waals surface area (Å²) >= 11 is 6.02. The van der Waals surface area contributed by atoms with E-state index in [1.807, 2.05) is 37.3 Å². The number of nitrogens with zero attached hydrogens (tertiary/aromatic N) is 2. The average Bonchev–Trinajstić information content (AvgIpc) is 2.59. The molecule has 1 amide bonds. The van der Waals surface area contributed by atoms with Crippen LogP contribution in [-0.2, 0) is 6.54 Å². The van der Waals surface area contributed by atoms with Crippen LogP contribution in [0.25, 0.3) is 0 Å². The molecular formula is C18H22ClN3O2. The van der Waals surface area contributed by atoms with Gasteiger partial charge in [0, 0.05) is 31.8 Å². The molecular weight excluding hydrogens is 326 g/mol. The first kappa shape index (κ1) is 18.2. The van der Waals surface area contributed by atoms with E-state index in [2.05, 4.69) is 10.3 Å². The molecule has 0 bridgehead atoms. The van der Waals surface area contributed by atoms with E-state index in [-0.39, 0.29) is 23.7 Å². The van der Waals surface area contributed by atoms with Crippen LogP contribution < -0.4 is 5.32 Å². The van der Waals surface area contributed by atoms with E-state index in [9.17, 15) is 9.90 Å². The predicted octanol–water partition coefficient (Wildman–Crippen LogP) is 3.19. The van der Waals surface area contributed by atoms with Crippen LogP contribution in [0.3, 0.4) is 0 Å². The molecule has 0 spiro atoms. The number of carbonyl (C=O) groups excluding carboxylic acids is 1. The summed E-state index contributed by atoms with van der Waals surface area (Å²) in [5.41, 5.74) is 1.50. The molecule has 6 heteroatoms. The Morgan fingerprint density at radius 3 is 2.67 bits per heavy atom. The van der Waals surface area contributed by atoms with Gasteiger partial charge in [-0.25, -0.2) is 4.98 Å². The molecule has 1 aromatic heterocycles. The van der Waals surface area contributed by atoms with Gasteiger partial charge in [-0.15, -0.1) is 0 Å². The lowest BCUT2D eigenvalue weighted by molar-refractivity contribution is 0.0648. The van der Waals surface area contributed by atoms with Crippen LogP contribution in [0.15, 0.2) is 42.5 Å². The van der Waals surface area contributed by atoms with Crippen molar-refractivity contribution in [1.82, 2.24) is 9.88 Å². The summed E-state index contributed by atoms with van der Waals surface area (Å²) in [6.45, 7) is 2.42. The molecule has 0 aliphatic rings. The summed E-state index contributed by atoms with van der Waals surface area (Å²) < 4.78 is 0. The number of hydrogen-bond donors (Lipinski definition) is 2. The lowest BCUT2D eigenvalue weighted by Gasteiger charge is -2.29. The van der Waals surface area contributed by atoms with Gasteiger partial charge < -0.3 is 15.3 Å². The minimum atomic E-state index is -0.138. The number of rotatable bonds is 7. The van der Waals surface area contributed by atoms with Crippen molar-refractivity contribution in [3.05, 3.63) is 58.7 Å². The first-order valence-electron chi connectivity index (χ1n) is 7.86. The molecule has 0 saturated heterocycles. The molecule has 128 valence electrons. The van der Waals surface area contributed by atoms with E-state index in [1.165, 1.54) is 0 Å². The SMILES string of the molecule is CNc1cc(C(=O)N(Cc2ccccc2)C(C)CCO)cc(Cl)n1. The van der Waals surface area contributed by atoms with Crippen molar-refractivity contribution in [3.8, 4) is 0 Å². The van der Waals surface area contributed by atoms with E-state index in [4.69, 9.17) is 11.6 Å². The number of aromatic nitrogens is 1. The monoisotopic (exact) mass is 347 g/mol. The zero-order valence-electron chi connectivity index (χ0n) is 13.9. The maximum absolute atomic E-state index is 13.0. The Bertz CT molecular complexity index is 679. The van der Waals surface area contributed by atoms with Gasteiger partial charge in [0.05, 0.1) is 0 Å². The topological polar surface area (TPSA) is 65.5 Å². The molecule has 1 aromatic carbocycles. The molecule has 0 fully saturated rings. The molecule has 0 aliphatic heterocycles. The Morgan fingerprint density at radius 1 is 1.33 bits per heavy atom. The maximum Gasteiger partial charge on any atom is 0.254 e. The Labute approximate surface area is 147 Å². The van der Waals surface area contributed by atoms with Gasteiger partial charge in [0.15, 0.2) is 0 Å². The highest BCUT2D eigenvalue weighted by Gasteiger charge is 2.22. The Kier molecular flexibility index (Phi) is 6.58. The number of halogens is 1. The van der Waals surface area contributed by atoms with E-state index in [0.717, 1.165) is 5.56 Å². The second-order valence-corrected chi connectivity index (χ2v) is 5.98. The van der Waals surface area contributed by atoms with E-state index in [0.29, 0.717) is 24.3 Å². The van der Waals surface area contributed by atoms with Crippen LogP contribution >= 0.6 is 11.6 Å². The Morgan fingerprint density at radius 2 is 2.04 bits per heavy atom. The predicted molar refractivity (Wildman–Crippen MR) is 96.3 cm³/mol. The summed E-state index contributed by atoms with van der Waals surface area (Å²) in [4.78, 5) is 18.9. The summed E-state index contributed by atoms with van der Waals surface area (Å²) in [7, 11) is 1.73. The second-order valence-electron chi connectivity index (χ2n) is 5.59. The first-order valence-corrected chi connectivity index (χ1v) is 8.24. The normalized spacial score (nSPS) is 11.8. The van der Waals surface area contributed by atoms with Crippen LogP contribution in [0.2, 0.25) is 5.15 Å². The van der Waals surface area contributed by atoms with Crippen LogP contribution in [-0.4, -0.2) is 40.6 Å². The fraction of sp³-hybridized carbons (Fsp3) is 0.333. The van der Waals surface area contributed by atoms with Crippen molar-refractivity contribution in [2.75, 3.05) is 19.0 Å². The molecule has 24 heavy (non-hydrogen) atoms. The molecule has 2 rings (SSSR count). The number of benzene rings is 1. The van der Waals surface area contributed by atoms with Gasteiger partial charge in [-0.2, -0.15) is 0 Å². The van der Waals surface area contributed by atoms with Gasteiger partial charge in [-0.05, 0) is 31.0 Å². The number of aliphatic hydroxyl groups excluding tert-OH is 1. The molecule has 5 nitrogen and oxygen atoms in total. The van der Waals surface area contributed by atoms with E-state index >= 15 is 0 Å². The van der Waals surface area contributed by atoms with Gasteiger partial charge in [-0.1, -0.05) is 41.9 Å². The van der Waals surface area contributed by atoms with E-state index < -0.39 is 0 Å². The standard InChI is InChI=1S/C18H22ClN3O2/c1-13(8-9-23)22(12-14-6-4-3-5-7-14)18(24)15-10-16(19)21-17(11-15)20-2/h3-7,10-11,13,23H,8-9,12H2,1-2H3,(H,20,21). The first-order chi connectivity index (χ1) is 11.5. The Hall–Kier alpha value is -2.11. The van der Waals surface area contributed by atoms with E-state index in [1.54, 1.807) is 24.1 Å². The molecule has 2 aromatic rings. The lowest BCUT2D eigenvalue weighted by Crippen LogP contribution is -2.38. The third-order valence-corrected chi connectivity index (χ3v) is 4.03. The van der Waals surface area contributed by atoms with Crippen molar-refractivity contribution in [3.63, 3.8) is 0 Å². The average molecular weight is 348 g/mol. The molecule has 1 atom stereocenters.